The molecule has 244 valence electrons. The molecule has 1 unspecified atom stereocenters. The van der Waals surface area contributed by atoms with Crippen LogP contribution in [0.5, 0.6) is 11.5 Å². The molecule has 0 aliphatic rings. The Balaban J connectivity index is 2.88. The van der Waals surface area contributed by atoms with Crippen molar-refractivity contribution in [2.45, 2.75) is 136 Å². The van der Waals surface area contributed by atoms with Crippen molar-refractivity contribution in [2.24, 2.45) is 5.92 Å². The molecular formula is C34H54O9. The van der Waals surface area contributed by atoms with Crippen molar-refractivity contribution >= 4 is 23.7 Å². The zero-order valence-corrected chi connectivity index (χ0v) is 26.6. The number of carbonyl (C=O) groups is 4. The molecule has 9 heteroatoms. The van der Waals surface area contributed by atoms with E-state index in [1.165, 1.54) is 12.1 Å². The van der Waals surface area contributed by atoms with Gasteiger partial charge in [-0.1, -0.05) is 84.6 Å². The molecule has 0 amide bonds. The molecule has 0 bridgehead atoms. The van der Waals surface area contributed by atoms with E-state index in [1.807, 2.05) is 0 Å². The highest BCUT2D eigenvalue weighted by molar-refractivity contribution is 5.84. The van der Waals surface area contributed by atoms with Gasteiger partial charge in [0.15, 0.2) is 17.6 Å². The molecule has 0 fully saturated rings. The first kappa shape index (κ1) is 37.9. The number of Topliss-reactive ketones (excluding diaryl/α,β-unsaturated/α-hetero) is 1. The zero-order chi connectivity index (χ0) is 31.9. The Hall–Kier alpha value is -3.10. The number of rotatable bonds is 25. The lowest BCUT2D eigenvalue weighted by Crippen LogP contribution is -2.33. The number of hydrogen-bond donors (Lipinski definition) is 2. The van der Waals surface area contributed by atoms with E-state index in [9.17, 15) is 29.4 Å². The first-order chi connectivity index (χ1) is 20.7. The van der Waals surface area contributed by atoms with Crippen LogP contribution in [0, 0.1) is 5.92 Å². The summed E-state index contributed by atoms with van der Waals surface area (Å²) in [5, 5.41) is 19.6. The van der Waals surface area contributed by atoms with Gasteiger partial charge in [-0.3, -0.25) is 19.2 Å². The highest BCUT2D eigenvalue weighted by atomic mass is 16.6. The van der Waals surface area contributed by atoms with Crippen LogP contribution < -0.4 is 0 Å². The topological polar surface area (TPSA) is 136 Å². The maximum absolute atomic E-state index is 13.3. The normalized spacial score (nSPS) is 12.3. The van der Waals surface area contributed by atoms with Crippen molar-refractivity contribution in [3.63, 3.8) is 0 Å². The van der Waals surface area contributed by atoms with Crippen LogP contribution >= 0.6 is 0 Å². The summed E-state index contributed by atoms with van der Waals surface area (Å²) in [6.45, 7) is 5.71. The SMILES string of the molecule is CCCCCCC(=O)C[C@@H](Cc1ccc(O)c(O)c1)C(=O)OCC(COC(=O)CCCCCC)OC(=O)CCCCCC. The van der Waals surface area contributed by atoms with Gasteiger partial charge in [-0.2, -0.15) is 0 Å². The number of phenolic OH excluding ortho intramolecular Hbond substituents is 2. The molecule has 43 heavy (non-hydrogen) atoms. The summed E-state index contributed by atoms with van der Waals surface area (Å²) in [6.07, 6.45) is 11.1. The van der Waals surface area contributed by atoms with E-state index in [0.29, 0.717) is 24.8 Å². The molecule has 0 aliphatic heterocycles. The molecule has 0 saturated heterocycles. The Morgan fingerprint density at radius 3 is 1.81 bits per heavy atom. The molecule has 0 radical (unpaired) electrons. The molecule has 0 aliphatic carbocycles. The van der Waals surface area contributed by atoms with E-state index in [1.54, 1.807) is 6.07 Å². The second-order valence-corrected chi connectivity index (χ2v) is 11.3. The minimum absolute atomic E-state index is 0.0405. The highest BCUT2D eigenvalue weighted by Crippen LogP contribution is 2.27. The number of esters is 3. The standard InChI is InChI=1S/C34H54O9/c1-4-7-10-13-16-28(35)23-27(21-26-19-20-30(36)31(37)22-26)34(40)42-25-29(43-33(39)18-15-12-9-6-3)24-41-32(38)17-14-11-8-5-2/h19-20,22,27,29,36-37H,4-18,21,23-25H2,1-3H3/t27-,29?/m1/s1. The second kappa shape index (κ2) is 23.4. The Kier molecular flexibility index (Phi) is 20.6. The first-order valence-corrected chi connectivity index (χ1v) is 16.2. The van der Waals surface area contributed by atoms with E-state index < -0.39 is 29.9 Å². The molecule has 1 aromatic rings. The third-order valence-corrected chi connectivity index (χ3v) is 7.25. The van der Waals surface area contributed by atoms with E-state index in [0.717, 1.165) is 64.2 Å². The van der Waals surface area contributed by atoms with Gasteiger partial charge in [0, 0.05) is 25.7 Å². The molecule has 1 aromatic carbocycles. The van der Waals surface area contributed by atoms with Crippen LogP contribution in [0.15, 0.2) is 18.2 Å². The molecule has 2 N–H and O–H groups in total. The van der Waals surface area contributed by atoms with Gasteiger partial charge in [0.05, 0.1) is 5.92 Å². The molecular weight excluding hydrogens is 552 g/mol. The number of phenols is 2. The van der Waals surface area contributed by atoms with Gasteiger partial charge < -0.3 is 24.4 Å². The maximum Gasteiger partial charge on any atom is 0.309 e. The van der Waals surface area contributed by atoms with Gasteiger partial charge in [-0.05, 0) is 43.4 Å². The Morgan fingerprint density at radius 1 is 0.674 bits per heavy atom. The van der Waals surface area contributed by atoms with E-state index in [2.05, 4.69) is 20.8 Å². The number of aromatic hydroxyl groups is 2. The van der Waals surface area contributed by atoms with Crippen LogP contribution in [0.2, 0.25) is 0 Å². The number of benzene rings is 1. The minimum Gasteiger partial charge on any atom is -0.504 e. The summed E-state index contributed by atoms with van der Waals surface area (Å²) in [4.78, 5) is 50.7. The van der Waals surface area contributed by atoms with Gasteiger partial charge in [0.2, 0.25) is 0 Å². The number of ether oxygens (including phenoxy) is 3. The lowest BCUT2D eigenvalue weighted by Gasteiger charge is -2.21. The molecule has 2 atom stereocenters. The van der Waals surface area contributed by atoms with Crippen molar-refractivity contribution in [3.05, 3.63) is 23.8 Å². The van der Waals surface area contributed by atoms with Crippen molar-refractivity contribution in [1.82, 2.24) is 0 Å². The molecule has 1 rings (SSSR count). The zero-order valence-electron chi connectivity index (χ0n) is 26.6. The van der Waals surface area contributed by atoms with Crippen molar-refractivity contribution in [2.75, 3.05) is 13.2 Å². The van der Waals surface area contributed by atoms with Crippen LogP contribution in [0.3, 0.4) is 0 Å². The van der Waals surface area contributed by atoms with Crippen LogP contribution in [0.25, 0.3) is 0 Å². The Morgan fingerprint density at radius 2 is 1.23 bits per heavy atom. The van der Waals surface area contributed by atoms with Crippen LogP contribution in [0.1, 0.15) is 129 Å². The van der Waals surface area contributed by atoms with Gasteiger partial charge in [-0.15, -0.1) is 0 Å². The van der Waals surface area contributed by atoms with E-state index in [-0.39, 0.29) is 56.2 Å². The molecule has 9 nitrogen and oxygen atoms in total. The first-order valence-electron chi connectivity index (χ1n) is 16.2. The average molecular weight is 607 g/mol. The van der Waals surface area contributed by atoms with Gasteiger partial charge >= 0.3 is 17.9 Å². The molecule has 0 saturated carbocycles. The smallest absolute Gasteiger partial charge is 0.309 e. The van der Waals surface area contributed by atoms with Gasteiger partial charge in [0.1, 0.15) is 19.0 Å². The third-order valence-electron chi connectivity index (χ3n) is 7.25. The average Bonchev–Trinajstić information content (AvgIpc) is 2.98. The fourth-order valence-electron chi connectivity index (χ4n) is 4.65. The number of unbranched alkanes of at least 4 members (excludes halogenated alkanes) is 9. The van der Waals surface area contributed by atoms with Crippen molar-refractivity contribution < 1.29 is 43.6 Å². The fourth-order valence-corrected chi connectivity index (χ4v) is 4.65. The molecule has 0 spiro atoms. The largest absolute Gasteiger partial charge is 0.504 e. The Bertz CT molecular complexity index is 959. The summed E-state index contributed by atoms with van der Waals surface area (Å²) < 4.78 is 16.4. The van der Waals surface area contributed by atoms with Gasteiger partial charge in [0.25, 0.3) is 0 Å². The third kappa shape index (κ3) is 18.2. The van der Waals surface area contributed by atoms with E-state index >= 15 is 0 Å². The molecule has 0 aromatic heterocycles. The summed E-state index contributed by atoms with van der Waals surface area (Å²) in [5.41, 5.74) is 0.558. The number of hydrogen-bond acceptors (Lipinski definition) is 9. The molecule has 0 heterocycles. The lowest BCUT2D eigenvalue weighted by molar-refractivity contribution is -0.168. The highest BCUT2D eigenvalue weighted by Gasteiger charge is 2.27. The van der Waals surface area contributed by atoms with E-state index in [4.69, 9.17) is 14.2 Å². The summed E-state index contributed by atoms with van der Waals surface area (Å²) in [6, 6.07) is 4.25. The van der Waals surface area contributed by atoms with Crippen LogP contribution in [0.4, 0.5) is 0 Å². The Labute approximate surface area is 257 Å². The van der Waals surface area contributed by atoms with Crippen LogP contribution in [-0.2, 0) is 39.8 Å². The predicted molar refractivity (Wildman–Crippen MR) is 165 cm³/mol. The van der Waals surface area contributed by atoms with Gasteiger partial charge in [-0.25, -0.2) is 0 Å². The number of carbonyl (C=O) groups excluding carboxylic acids is 4. The summed E-state index contributed by atoms with van der Waals surface area (Å²) in [7, 11) is 0. The quantitative estimate of drug-likeness (QED) is 0.0515. The summed E-state index contributed by atoms with van der Waals surface area (Å²) in [5.74, 6) is -3.00. The van der Waals surface area contributed by atoms with Crippen molar-refractivity contribution in [3.8, 4) is 11.5 Å². The monoisotopic (exact) mass is 606 g/mol. The minimum atomic E-state index is -0.967. The second-order valence-electron chi connectivity index (χ2n) is 11.3. The summed E-state index contributed by atoms with van der Waals surface area (Å²) >= 11 is 0. The lowest BCUT2D eigenvalue weighted by atomic mass is 9.92. The van der Waals surface area contributed by atoms with Crippen molar-refractivity contribution in [1.29, 1.82) is 0 Å². The fraction of sp³-hybridized carbons (Fsp3) is 0.706. The van der Waals surface area contributed by atoms with Crippen LogP contribution in [-0.4, -0.2) is 53.2 Å². The maximum atomic E-state index is 13.3. The number of ketones is 1. The predicted octanol–water partition coefficient (Wildman–Crippen LogP) is 7.13.